The number of rotatable bonds is 5. The molecule has 0 bridgehead atoms. The summed E-state index contributed by atoms with van der Waals surface area (Å²) in [5.41, 5.74) is 2.45. The lowest BCUT2D eigenvalue weighted by Crippen LogP contribution is -2.51. The predicted molar refractivity (Wildman–Crippen MR) is 85.3 cm³/mol. The second-order valence-corrected chi connectivity index (χ2v) is 5.68. The molecule has 20 heavy (non-hydrogen) atoms. The maximum Gasteiger partial charge on any atom is 0.128 e. The number of likely N-dealkylation sites (N-methyl/N-ethyl adjacent to an activating group) is 1. The molecule has 1 fully saturated rings. The highest BCUT2D eigenvalue weighted by atomic mass is 15.3. The van der Waals surface area contributed by atoms with Gasteiger partial charge in [0.25, 0.3) is 0 Å². The molecule has 4 heteroatoms. The number of pyridine rings is 1. The molecule has 1 unspecified atom stereocenters. The smallest absolute Gasteiger partial charge is 0.128 e. The Morgan fingerprint density at radius 3 is 2.75 bits per heavy atom. The lowest BCUT2D eigenvalue weighted by molar-refractivity contribution is 0.213. The van der Waals surface area contributed by atoms with Gasteiger partial charge in [-0.2, -0.15) is 0 Å². The summed E-state index contributed by atoms with van der Waals surface area (Å²) in [5.74, 6) is 1.13. The molecule has 4 nitrogen and oxygen atoms in total. The van der Waals surface area contributed by atoms with Crippen LogP contribution in [-0.4, -0.2) is 49.2 Å². The van der Waals surface area contributed by atoms with E-state index < -0.39 is 0 Å². The number of hydrogen-bond donors (Lipinski definition) is 1. The van der Waals surface area contributed by atoms with E-state index in [0.29, 0.717) is 6.04 Å². The molecular weight excluding hydrogens is 248 g/mol. The average molecular weight is 276 g/mol. The van der Waals surface area contributed by atoms with Crippen LogP contribution in [0.5, 0.6) is 0 Å². The molecular formula is C16H28N4. The molecule has 1 atom stereocenters. The summed E-state index contributed by atoms with van der Waals surface area (Å²) in [6.07, 6.45) is 1.20. The average Bonchev–Trinajstić information content (AvgIpc) is 2.46. The zero-order chi connectivity index (χ0) is 14.5. The van der Waals surface area contributed by atoms with Crippen molar-refractivity contribution in [3.05, 3.63) is 23.4 Å². The van der Waals surface area contributed by atoms with Gasteiger partial charge in [0.1, 0.15) is 5.82 Å². The lowest BCUT2D eigenvalue weighted by Gasteiger charge is -2.39. The summed E-state index contributed by atoms with van der Waals surface area (Å²) in [4.78, 5) is 9.70. The highest BCUT2D eigenvalue weighted by Gasteiger charge is 2.23. The van der Waals surface area contributed by atoms with Crippen LogP contribution in [0.15, 0.2) is 12.1 Å². The molecule has 0 aromatic carbocycles. The van der Waals surface area contributed by atoms with Gasteiger partial charge in [-0.3, -0.25) is 4.90 Å². The fraction of sp³-hybridized carbons (Fsp3) is 0.688. The zero-order valence-electron chi connectivity index (χ0n) is 13.3. The molecule has 0 saturated carbocycles. The number of nitrogens with zero attached hydrogens (tertiary/aromatic N) is 3. The van der Waals surface area contributed by atoms with Gasteiger partial charge in [-0.1, -0.05) is 19.9 Å². The molecule has 0 spiro atoms. The molecule has 1 aromatic rings. The first-order valence-electron chi connectivity index (χ1n) is 7.78. The van der Waals surface area contributed by atoms with Crippen molar-refractivity contribution >= 4 is 5.82 Å². The van der Waals surface area contributed by atoms with Crippen LogP contribution in [0.2, 0.25) is 0 Å². The minimum absolute atomic E-state index is 0.646. The van der Waals surface area contributed by atoms with Gasteiger partial charge in [-0.15, -0.1) is 0 Å². The van der Waals surface area contributed by atoms with Crippen molar-refractivity contribution in [2.24, 2.45) is 0 Å². The number of piperazine rings is 1. The minimum atomic E-state index is 0.646. The van der Waals surface area contributed by atoms with Crippen LogP contribution in [0, 0.1) is 6.92 Å². The van der Waals surface area contributed by atoms with Crippen molar-refractivity contribution in [2.75, 3.05) is 38.1 Å². The van der Waals surface area contributed by atoms with Crippen molar-refractivity contribution < 1.29 is 0 Å². The van der Waals surface area contributed by atoms with Crippen LogP contribution in [0.4, 0.5) is 5.82 Å². The Morgan fingerprint density at radius 1 is 1.30 bits per heavy atom. The Kier molecular flexibility index (Phi) is 5.38. The number of nitrogens with one attached hydrogen (secondary N) is 1. The van der Waals surface area contributed by atoms with E-state index in [1.165, 1.54) is 12.0 Å². The van der Waals surface area contributed by atoms with E-state index in [4.69, 9.17) is 4.98 Å². The van der Waals surface area contributed by atoms with Gasteiger partial charge < -0.3 is 10.2 Å². The first kappa shape index (κ1) is 15.3. The molecule has 1 aliphatic rings. The lowest BCUT2D eigenvalue weighted by atomic mass is 10.1. The quantitative estimate of drug-likeness (QED) is 0.891. The van der Waals surface area contributed by atoms with E-state index in [9.17, 15) is 0 Å². The second kappa shape index (κ2) is 7.04. The minimum Gasteiger partial charge on any atom is -0.354 e. The number of aromatic nitrogens is 1. The Bertz CT molecular complexity index is 432. The van der Waals surface area contributed by atoms with Gasteiger partial charge in [0, 0.05) is 37.9 Å². The van der Waals surface area contributed by atoms with Crippen LogP contribution in [0.25, 0.3) is 0 Å². The van der Waals surface area contributed by atoms with E-state index in [1.54, 1.807) is 0 Å². The zero-order valence-corrected chi connectivity index (χ0v) is 13.3. The Balaban J connectivity index is 2.07. The Morgan fingerprint density at radius 2 is 2.10 bits per heavy atom. The summed E-state index contributed by atoms with van der Waals surface area (Å²) >= 11 is 0. The molecule has 1 N–H and O–H groups in total. The fourth-order valence-corrected chi connectivity index (χ4v) is 2.79. The molecule has 0 amide bonds. The van der Waals surface area contributed by atoms with E-state index in [0.717, 1.165) is 44.2 Å². The van der Waals surface area contributed by atoms with Gasteiger partial charge in [0.2, 0.25) is 0 Å². The maximum atomic E-state index is 4.81. The van der Waals surface area contributed by atoms with Crippen LogP contribution < -0.4 is 10.2 Å². The largest absolute Gasteiger partial charge is 0.354 e. The number of anilines is 1. The molecule has 2 heterocycles. The summed E-state index contributed by atoms with van der Waals surface area (Å²) in [5, 5.41) is 3.37. The van der Waals surface area contributed by atoms with Crippen molar-refractivity contribution in [1.29, 1.82) is 0 Å². The summed E-state index contributed by atoms with van der Waals surface area (Å²) in [7, 11) is 2.23. The maximum absolute atomic E-state index is 4.81. The Labute approximate surface area is 123 Å². The third-order valence-corrected chi connectivity index (χ3v) is 4.32. The fourth-order valence-electron chi connectivity index (χ4n) is 2.79. The van der Waals surface area contributed by atoms with Gasteiger partial charge in [0.15, 0.2) is 0 Å². The van der Waals surface area contributed by atoms with Crippen molar-refractivity contribution in [3.8, 4) is 0 Å². The summed E-state index contributed by atoms with van der Waals surface area (Å²) in [6.45, 7) is 11.7. The molecule has 0 radical (unpaired) electrons. The third-order valence-electron chi connectivity index (χ3n) is 4.32. The van der Waals surface area contributed by atoms with E-state index >= 15 is 0 Å². The Hall–Kier alpha value is -1.13. The van der Waals surface area contributed by atoms with Crippen LogP contribution in [-0.2, 0) is 6.54 Å². The first-order chi connectivity index (χ1) is 9.65. The summed E-state index contributed by atoms with van der Waals surface area (Å²) < 4.78 is 0. The van der Waals surface area contributed by atoms with Crippen molar-refractivity contribution in [1.82, 2.24) is 15.2 Å². The van der Waals surface area contributed by atoms with Crippen LogP contribution >= 0.6 is 0 Å². The topological polar surface area (TPSA) is 31.4 Å². The van der Waals surface area contributed by atoms with E-state index in [2.05, 4.69) is 55.1 Å². The molecule has 0 aliphatic carbocycles. The number of hydrogen-bond acceptors (Lipinski definition) is 4. The van der Waals surface area contributed by atoms with Gasteiger partial charge in [-0.05, 0) is 38.6 Å². The summed E-state index contributed by atoms with van der Waals surface area (Å²) in [6, 6.07) is 5.05. The SMILES string of the molecule is CCNCc1ccc(N2CCN(C)C(CC)C2)nc1C. The number of aryl methyl sites for hydroxylation is 1. The highest BCUT2D eigenvalue weighted by Crippen LogP contribution is 2.19. The highest BCUT2D eigenvalue weighted by molar-refractivity contribution is 5.42. The molecule has 1 aliphatic heterocycles. The normalized spacial score (nSPS) is 20.4. The van der Waals surface area contributed by atoms with Gasteiger partial charge >= 0.3 is 0 Å². The molecule has 112 valence electrons. The molecule has 1 saturated heterocycles. The molecule has 2 rings (SSSR count). The van der Waals surface area contributed by atoms with Gasteiger partial charge in [0.05, 0.1) is 0 Å². The first-order valence-corrected chi connectivity index (χ1v) is 7.78. The van der Waals surface area contributed by atoms with Crippen molar-refractivity contribution in [3.63, 3.8) is 0 Å². The molecule has 1 aromatic heterocycles. The van der Waals surface area contributed by atoms with Crippen LogP contribution in [0.1, 0.15) is 31.5 Å². The standard InChI is InChI=1S/C16H28N4/c1-5-15-12-20(10-9-19(15)4)16-8-7-14(11-17-6-2)13(3)18-16/h7-8,15,17H,5-6,9-12H2,1-4H3. The third kappa shape index (κ3) is 3.49. The van der Waals surface area contributed by atoms with Crippen molar-refractivity contribution in [2.45, 2.75) is 39.8 Å². The predicted octanol–water partition coefficient (Wildman–Crippen LogP) is 2.03. The van der Waals surface area contributed by atoms with E-state index in [-0.39, 0.29) is 0 Å². The van der Waals surface area contributed by atoms with Gasteiger partial charge in [-0.25, -0.2) is 4.98 Å². The monoisotopic (exact) mass is 276 g/mol. The van der Waals surface area contributed by atoms with E-state index in [1.807, 2.05) is 0 Å². The second-order valence-electron chi connectivity index (χ2n) is 5.68. The van der Waals surface area contributed by atoms with Crippen LogP contribution in [0.3, 0.4) is 0 Å².